The lowest BCUT2D eigenvalue weighted by atomic mass is 10.2. The molecule has 0 aromatic carbocycles. The van der Waals surface area contributed by atoms with E-state index in [1.54, 1.807) is 20.8 Å². The average molecular weight is 250 g/mol. The molecule has 0 amide bonds. The minimum atomic E-state index is -1.13. The maximum atomic E-state index is 10.9. The smallest absolute Gasteiger partial charge is 0.429 e. The van der Waals surface area contributed by atoms with Crippen LogP contribution in [0.4, 0.5) is 9.59 Å². The van der Waals surface area contributed by atoms with Gasteiger partial charge in [-0.2, -0.15) is 19.4 Å². The van der Waals surface area contributed by atoms with Crippen molar-refractivity contribution in [3.05, 3.63) is 0 Å². The van der Waals surface area contributed by atoms with Crippen molar-refractivity contribution in [2.24, 2.45) is 0 Å². The SMILES string of the molecule is CCOCCOC(=O)OOC(=O)OC(C)(C)C. The molecule has 0 aliphatic carbocycles. The van der Waals surface area contributed by atoms with E-state index in [1.807, 2.05) is 6.92 Å². The van der Waals surface area contributed by atoms with Crippen LogP contribution in [0.25, 0.3) is 0 Å². The van der Waals surface area contributed by atoms with Crippen molar-refractivity contribution in [2.45, 2.75) is 33.3 Å². The molecule has 0 heterocycles. The lowest BCUT2D eigenvalue weighted by Gasteiger charge is -2.17. The Morgan fingerprint density at radius 1 is 1.00 bits per heavy atom. The highest BCUT2D eigenvalue weighted by Crippen LogP contribution is 2.08. The molecule has 0 atom stereocenters. The quantitative estimate of drug-likeness (QED) is 0.327. The molecule has 7 heteroatoms. The van der Waals surface area contributed by atoms with E-state index in [0.29, 0.717) is 6.61 Å². The summed E-state index contributed by atoms with van der Waals surface area (Å²) in [6, 6.07) is 0. The summed E-state index contributed by atoms with van der Waals surface area (Å²) in [6.07, 6.45) is -2.24. The standard InChI is InChI=1S/C10H18O7/c1-5-13-6-7-14-8(11)16-17-9(12)15-10(2,3)4/h5-7H2,1-4H3. The van der Waals surface area contributed by atoms with Crippen LogP contribution >= 0.6 is 0 Å². The van der Waals surface area contributed by atoms with Gasteiger partial charge in [-0.25, -0.2) is 0 Å². The van der Waals surface area contributed by atoms with Crippen molar-refractivity contribution in [3.8, 4) is 0 Å². The molecule has 0 bridgehead atoms. The van der Waals surface area contributed by atoms with Crippen LogP contribution in [0, 0.1) is 0 Å². The zero-order valence-corrected chi connectivity index (χ0v) is 10.5. The summed E-state index contributed by atoms with van der Waals surface area (Å²) in [5.74, 6) is 0. The van der Waals surface area contributed by atoms with E-state index in [-0.39, 0.29) is 13.2 Å². The number of ether oxygens (including phenoxy) is 3. The summed E-state index contributed by atoms with van der Waals surface area (Å²) in [5.41, 5.74) is -0.723. The Morgan fingerprint density at radius 3 is 2.12 bits per heavy atom. The van der Waals surface area contributed by atoms with E-state index >= 15 is 0 Å². The zero-order chi connectivity index (χ0) is 13.3. The number of hydrogen-bond acceptors (Lipinski definition) is 7. The summed E-state index contributed by atoms with van der Waals surface area (Å²) in [7, 11) is 0. The first-order valence-corrected chi connectivity index (χ1v) is 5.17. The average Bonchev–Trinajstić information content (AvgIpc) is 2.19. The molecule has 0 aromatic heterocycles. The van der Waals surface area contributed by atoms with Gasteiger partial charge in [0.1, 0.15) is 12.2 Å². The molecule has 17 heavy (non-hydrogen) atoms. The van der Waals surface area contributed by atoms with Crippen LogP contribution in [-0.2, 0) is 24.0 Å². The summed E-state index contributed by atoms with van der Waals surface area (Å²) in [4.78, 5) is 29.9. The van der Waals surface area contributed by atoms with Crippen molar-refractivity contribution in [3.63, 3.8) is 0 Å². The van der Waals surface area contributed by atoms with Crippen LogP contribution in [0.15, 0.2) is 0 Å². The molecular formula is C10H18O7. The van der Waals surface area contributed by atoms with Crippen molar-refractivity contribution in [1.29, 1.82) is 0 Å². The monoisotopic (exact) mass is 250 g/mol. The van der Waals surface area contributed by atoms with Crippen LogP contribution in [0.5, 0.6) is 0 Å². The predicted octanol–water partition coefficient (Wildman–Crippen LogP) is 2.04. The van der Waals surface area contributed by atoms with Gasteiger partial charge >= 0.3 is 12.3 Å². The fourth-order valence-corrected chi connectivity index (χ4v) is 0.687. The fraction of sp³-hybridized carbons (Fsp3) is 0.800. The Kier molecular flexibility index (Phi) is 7.04. The number of carbonyl (C=O) groups excluding carboxylic acids is 2. The first-order chi connectivity index (χ1) is 7.85. The lowest BCUT2D eigenvalue weighted by molar-refractivity contribution is -0.225. The van der Waals surface area contributed by atoms with Gasteiger partial charge in [-0.1, -0.05) is 0 Å². The summed E-state index contributed by atoms with van der Waals surface area (Å²) >= 11 is 0. The molecule has 0 unspecified atom stereocenters. The van der Waals surface area contributed by atoms with Crippen molar-refractivity contribution >= 4 is 12.3 Å². The van der Waals surface area contributed by atoms with E-state index < -0.39 is 17.9 Å². The second-order valence-electron chi connectivity index (χ2n) is 3.93. The third-order valence-corrected chi connectivity index (χ3v) is 1.22. The van der Waals surface area contributed by atoms with Gasteiger partial charge in [-0.15, -0.1) is 0 Å². The minimum Gasteiger partial charge on any atom is -0.429 e. The van der Waals surface area contributed by atoms with Gasteiger partial charge < -0.3 is 14.2 Å². The van der Waals surface area contributed by atoms with Crippen molar-refractivity contribution in [2.75, 3.05) is 19.8 Å². The van der Waals surface area contributed by atoms with Gasteiger partial charge in [0.25, 0.3) is 0 Å². The molecular weight excluding hydrogens is 232 g/mol. The third-order valence-electron chi connectivity index (χ3n) is 1.22. The molecule has 0 N–H and O–H groups in total. The zero-order valence-electron chi connectivity index (χ0n) is 10.5. The van der Waals surface area contributed by atoms with Crippen molar-refractivity contribution in [1.82, 2.24) is 0 Å². The van der Waals surface area contributed by atoms with Gasteiger partial charge in [0.2, 0.25) is 0 Å². The highest BCUT2D eigenvalue weighted by molar-refractivity contribution is 5.63. The maximum Gasteiger partial charge on any atom is 0.550 e. The third kappa shape index (κ3) is 10.8. The molecule has 0 aliphatic heterocycles. The van der Waals surface area contributed by atoms with Gasteiger partial charge in [0.15, 0.2) is 0 Å². The molecule has 0 fully saturated rings. The van der Waals surface area contributed by atoms with Crippen LogP contribution in [0.2, 0.25) is 0 Å². The minimum absolute atomic E-state index is 0.0182. The summed E-state index contributed by atoms with van der Waals surface area (Å²) in [6.45, 7) is 7.54. The summed E-state index contributed by atoms with van der Waals surface area (Å²) < 4.78 is 14.1. The molecule has 100 valence electrons. The molecule has 7 nitrogen and oxygen atoms in total. The van der Waals surface area contributed by atoms with Gasteiger partial charge in [-0.05, 0) is 27.7 Å². The van der Waals surface area contributed by atoms with Gasteiger partial charge in [-0.3, -0.25) is 0 Å². The highest BCUT2D eigenvalue weighted by atomic mass is 17.3. The number of rotatable bonds is 4. The largest absolute Gasteiger partial charge is 0.550 e. The Bertz CT molecular complexity index is 244. The fourth-order valence-electron chi connectivity index (χ4n) is 0.687. The first kappa shape index (κ1) is 15.5. The second-order valence-corrected chi connectivity index (χ2v) is 3.93. The molecule has 0 saturated carbocycles. The Balaban J connectivity index is 3.59. The van der Waals surface area contributed by atoms with Crippen LogP contribution < -0.4 is 0 Å². The lowest BCUT2D eigenvalue weighted by Crippen LogP contribution is -2.25. The van der Waals surface area contributed by atoms with Crippen molar-refractivity contribution < 1.29 is 33.6 Å². The maximum absolute atomic E-state index is 10.9. The summed E-state index contributed by atoms with van der Waals surface area (Å²) in [5, 5.41) is 0. The topological polar surface area (TPSA) is 80.3 Å². The van der Waals surface area contributed by atoms with E-state index in [0.717, 1.165) is 0 Å². The Labute approximate surface area is 99.8 Å². The molecule has 0 aromatic rings. The normalized spacial score (nSPS) is 10.6. The second kappa shape index (κ2) is 7.72. The van der Waals surface area contributed by atoms with Crippen LogP contribution in [-0.4, -0.2) is 37.7 Å². The first-order valence-electron chi connectivity index (χ1n) is 5.17. The Morgan fingerprint density at radius 2 is 1.59 bits per heavy atom. The number of hydrogen-bond donors (Lipinski definition) is 0. The van der Waals surface area contributed by atoms with E-state index in [4.69, 9.17) is 9.47 Å². The Hall–Kier alpha value is -1.50. The highest BCUT2D eigenvalue weighted by Gasteiger charge is 2.20. The molecule has 0 rings (SSSR count). The van der Waals surface area contributed by atoms with Gasteiger partial charge in [0, 0.05) is 6.61 Å². The molecule has 0 spiro atoms. The van der Waals surface area contributed by atoms with Crippen LogP contribution in [0.1, 0.15) is 27.7 Å². The van der Waals surface area contributed by atoms with Crippen LogP contribution in [0.3, 0.4) is 0 Å². The molecule has 0 aliphatic rings. The van der Waals surface area contributed by atoms with E-state index in [2.05, 4.69) is 14.5 Å². The molecule has 0 saturated heterocycles. The number of carbonyl (C=O) groups is 2. The van der Waals surface area contributed by atoms with Gasteiger partial charge in [0.05, 0.1) is 6.61 Å². The van der Waals surface area contributed by atoms with E-state index in [9.17, 15) is 9.59 Å². The van der Waals surface area contributed by atoms with E-state index in [1.165, 1.54) is 0 Å². The predicted molar refractivity (Wildman–Crippen MR) is 56.2 cm³/mol. The molecule has 0 radical (unpaired) electrons.